The van der Waals surface area contributed by atoms with E-state index in [1.165, 1.54) is 10.7 Å². The maximum Gasteiger partial charge on any atom is 0.248 e. The van der Waals surface area contributed by atoms with Crippen LogP contribution in [0.25, 0.3) is 0 Å². The Balaban J connectivity index is 0.000000335. The highest BCUT2D eigenvalue weighted by atomic mass is 79.9. The lowest BCUT2D eigenvalue weighted by Crippen LogP contribution is -2.22. The average molecular weight is 713 g/mol. The zero-order valence-corrected chi connectivity index (χ0v) is 27.7. The quantitative estimate of drug-likeness (QED) is 0.240. The van der Waals surface area contributed by atoms with E-state index < -0.39 is 26.0 Å². The Bertz CT molecular complexity index is 990. The molecule has 2 rings (SSSR count). The van der Waals surface area contributed by atoms with Crippen LogP contribution < -0.4 is 0 Å². The van der Waals surface area contributed by atoms with Crippen LogP contribution in [0, 0.1) is 0 Å². The predicted molar refractivity (Wildman–Crippen MR) is 144 cm³/mol. The molecule has 0 fully saturated rings. The van der Waals surface area contributed by atoms with Gasteiger partial charge in [-0.1, -0.05) is 39.3 Å². The second-order valence-electron chi connectivity index (χ2n) is 9.78. The molecule has 0 N–H and O–H groups in total. The van der Waals surface area contributed by atoms with Gasteiger partial charge in [0.2, 0.25) is 24.5 Å². The van der Waals surface area contributed by atoms with E-state index in [4.69, 9.17) is 9.47 Å². The summed E-state index contributed by atoms with van der Waals surface area (Å²) < 4.78 is 38.4. The van der Waals surface area contributed by atoms with Gasteiger partial charge in [-0.15, -0.1) is 10.2 Å². The van der Waals surface area contributed by atoms with Crippen molar-refractivity contribution >= 4 is 73.8 Å². The van der Waals surface area contributed by atoms with Crippen LogP contribution >= 0.6 is 47.8 Å². The first-order valence-corrected chi connectivity index (χ1v) is 21.9. The highest BCUT2D eigenvalue weighted by molar-refractivity contribution is 9.11. The molecular weight excluding hydrogens is 680 g/mol. The second-order valence-corrected chi connectivity index (χ2v) is 25.1. The lowest BCUT2D eigenvalue weighted by Gasteiger charge is -2.15. The van der Waals surface area contributed by atoms with Crippen LogP contribution in [0.2, 0.25) is 51.4 Å². The Hall–Kier alpha value is 0.0238. The van der Waals surface area contributed by atoms with E-state index in [2.05, 4.69) is 107 Å². The van der Waals surface area contributed by atoms with Crippen LogP contribution in [0.3, 0.4) is 0 Å². The predicted octanol–water partition coefficient (Wildman–Crippen LogP) is 4.87. The molecule has 33 heavy (non-hydrogen) atoms. The summed E-state index contributed by atoms with van der Waals surface area (Å²) in [7, 11) is -5.52. The summed E-state index contributed by atoms with van der Waals surface area (Å²) in [5.41, 5.74) is 0. The molecule has 2 aromatic rings. The van der Waals surface area contributed by atoms with Crippen molar-refractivity contribution in [2.45, 2.75) is 70.0 Å². The van der Waals surface area contributed by atoms with Crippen molar-refractivity contribution in [3.63, 3.8) is 0 Å². The molecule has 0 atom stereocenters. The van der Waals surface area contributed by atoms with Crippen molar-refractivity contribution in [1.29, 1.82) is 0 Å². The number of hydrogen-bond acceptors (Lipinski definition) is 8. The van der Waals surface area contributed by atoms with Crippen LogP contribution in [0.4, 0.5) is 0 Å². The normalized spacial score (nSPS) is 12.5. The SMILES string of the molecule is C[Si](C)(C)CCOCn1nc(Br)nc1Br.C[Si](C)(C)CCOCn1nc(Br)nc1S(C)(=O)=O. The third-order valence-electron chi connectivity index (χ3n) is 3.96. The maximum absolute atomic E-state index is 11.5. The van der Waals surface area contributed by atoms with E-state index >= 15 is 0 Å². The Morgan fingerprint density at radius 3 is 1.61 bits per heavy atom. The van der Waals surface area contributed by atoms with Crippen LogP contribution in [-0.2, 0) is 32.8 Å². The standard InChI is InChI=1S/C9H18BrN3O3SSi.C8H15Br2N3OSi/c1-17(14,15)9-11-8(10)12-13(9)7-16-5-6-18(2,3)4;1-15(2,3)5-4-14-6-13-8(10)11-7(9)12-13/h5-7H2,1-4H3;4-6H2,1-3H3. The fraction of sp³-hybridized carbons (Fsp3) is 0.765. The summed E-state index contributed by atoms with van der Waals surface area (Å²) in [5.74, 6) is 0. The lowest BCUT2D eigenvalue weighted by molar-refractivity contribution is 0.0713. The molecule has 0 amide bonds. The van der Waals surface area contributed by atoms with Crippen molar-refractivity contribution in [3.8, 4) is 0 Å². The van der Waals surface area contributed by atoms with Crippen molar-refractivity contribution in [1.82, 2.24) is 29.5 Å². The van der Waals surface area contributed by atoms with Crippen molar-refractivity contribution in [3.05, 3.63) is 14.2 Å². The Kier molecular flexibility index (Phi) is 12.6. The smallest absolute Gasteiger partial charge is 0.248 e. The molecule has 0 aliphatic carbocycles. The molecule has 0 radical (unpaired) electrons. The van der Waals surface area contributed by atoms with Gasteiger partial charge in [0, 0.05) is 35.6 Å². The number of rotatable bonds is 11. The van der Waals surface area contributed by atoms with Gasteiger partial charge in [0.15, 0.2) is 4.73 Å². The van der Waals surface area contributed by atoms with Crippen molar-refractivity contribution in [2.75, 3.05) is 19.5 Å². The molecule has 10 nitrogen and oxygen atoms in total. The molecule has 0 aliphatic heterocycles. The molecule has 0 aliphatic rings. The first-order chi connectivity index (χ1) is 15.0. The second kappa shape index (κ2) is 13.4. The Labute approximate surface area is 223 Å². The molecule has 2 aromatic heterocycles. The third kappa shape index (κ3) is 13.6. The maximum atomic E-state index is 11.5. The topological polar surface area (TPSA) is 114 Å². The van der Waals surface area contributed by atoms with Crippen molar-refractivity contribution in [2.24, 2.45) is 0 Å². The molecular formula is C17H33Br3N6O4SSi2. The third-order valence-corrected chi connectivity index (χ3v) is 9.60. The summed E-state index contributed by atoms with van der Waals surface area (Å²) in [6.07, 6.45) is 1.10. The molecule has 0 saturated carbocycles. The van der Waals surface area contributed by atoms with Gasteiger partial charge in [-0.05, 0) is 59.9 Å². The number of ether oxygens (including phenoxy) is 2. The Morgan fingerprint density at radius 2 is 1.21 bits per heavy atom. The number of hydrogen-bond donors (Lipinski definition) is 0. The summed E-state index contributed by atoms with van der Waals surface area (Å²) in [4.78, 5) is 7.87. The zero-order chi connectivity index (χ0) is 25.4. The van der Waals surface area contributed by atoms with Crippen LogP contribution in [0.5, 0.6) is 0 Å². The van der Waals surface area contributed by atoms with Crippen LogP contribution in [0.1, 0.15) is 0 Å². The minimum atomic E-state index is -3.39. The van der Waals surface area contributed by atoms with Gasteiger partial charge in [0.25, 0.3) is 0 Å². The Morgan fingerprint density at radius 1 is 0.788 bits per heavy atom. The fourth-order valence-corrected chi connectivity index (χ4v) is 5.76. The van der Waals surface area contributed by atoms with Gasteiger partial charge in [0.1, 0.15) is 13.5 Å². The monoisotopic (exact) mass is 710 g/mol. The lowest BCUT2D eigenvalue weighted by atomic mass is 10.8. The minimum absolute atomic E-state index is 0.0811. The van der Waals surface area contributed by atoms with Gasteiger partial charge in [-0.3, -0.25) is 0 Å². The highest BCUT2D eigenvalue weighted by Crippen LogP contribution is 2.13. The van der Waals surface area contributed by atoms with Gasteiger partial charge in [-0.25, -0.2) is 17.8 Å². The van der Waals surface area contributed by atoms with E-state index in [-0.39, 0.29) is 16.6 Å². The first-order valence-electron chi connectivity index (χ1n) is 10.2. The largest absolute Gasteiger partial charge is 0.359 e. The molecule has 0 spiro atoms. The van der Waals surface area contributed by atoms with Crippen LogP contribution in [0.15, 0.2) is 19.4 Å². The summed E-state index contributed by atoms with van der Waals surface area (Å²) in [6.45, 7) is 15.7. The van der Waals surface area contributed by atoms with E-state index in [9.17, 15) is 8.42 Å². The van der Waals surface area contributed by atoms with E-state index in [0.29, 0.717) is 22.8 Å². The molecule has 0 aromatic carbocycles. The van der Waals surface area contributed by atoms with Gasteiger partial charge < -0.3 is 9.47 Å². The number of sulfone groups is 1. The van der Waals surface area contributed by atoms with E-state index in [1.807, 2.05) is 0 Å². The molecule has 16 heteroatoms. The molecule has 0 unspecified atom stereocenters. The van der Waals surface area contributed by atoms with Crippen molar-refractivity contribution < 1.29 is 17.9 Å². The van der Waals surface area contributed by atoms with E-state index in [1.54, 1.807) is 4.68 Å². The summed E-state index contributed by atoms with van der Waals surface area (Å²) in [6, 6.07) is 2.19. The number of aromatic nitrogens is 6. The van der Waals surface area contributed by atoms with Gasteiger partial charge in [-0.2, -0.15) is 9.97 Å². The van der Waals surface area contributed by atoms with Gasteiger partial charge in [0.05, 0.1) is 0 Å². The fourth-order valence-electron chi connectivity index (χ4n) is 2.10. The highest BCUT2D eigenvalue weighted by Gasteiger charge is 2.19. The number of nitrogens with zero attached hydrogens (tertiary/aromatic N) is 6. The minimum Gasteiger partial charge on any atom is -0.359 e. The summed E-state index contributed by atoms with van der Waals surface area (Å²) >= 11 is 9.56. The van der Waals surface area contributed by atoms with Crippen LogP contribution in [-0.4, -0.2) is 73.6 Å². The first kappa shape index (κ1) is 31.1. The molecule has 190 valence electrons. The molecule has 0 bridgehead atoms. The van der Waals surface area contributed by atoms with Gasteiger partial charge >= 0.3 is 0 Å². The van der Waals surface area contributed by atoms with E-state index in [0.717, 1.165) is 18.9 Å². The average Bonchev–Trinajstić information content (AvgIpc) is 3.16. The summed E-state index contributed by atoms with van der Waals surface area (Å²) in [5, 5.41) is 7.97. The number of halogens is 3. The molecule has 2 heterocycles. The zero-order valence-electron chi connectivity index (χ0n) is 20.1. The molecule has 0 saturated heterocycles.